The number of benzene rings is 2. The van der Waals surface area contributed by atoms with Gasteiger partial charge in [-0.1, -0.05) is 30.3 Å². The molecule has 0 saturated heterocycles. The van der Waals surface area contributed by atoms with Crippen molar-refractivity contribution in [2.75, 3.05) is 0 Å². The third-order valence-corrected chi connectivity index (χ3v) is 5.51. The summed E-state index contributed by atoms with van der Waals surface area (Å²) in [6, 6.07) is 16.9. The van der Waals surface area contributed by atoms with Crippen molar-refractivity contribution < 1.29 is 22.7 Å². The minimum absolute atomic E-state index is 0.0250. The monoisotopic (exact) mass is 426 g/mol. The van der Waals surface area contributed by atoms with Gasteiger partial charge in [0.1, 0.15) is 11.5 Å². The van der Waals surface area contributed by atoms with Crippen LogP contribution in [0, 0.1) is 11.3 Å². The molecule has 0 aliphatic heterocycles. The summed E-state index contributed by atoms with van der Waals surface area (Å²) in [6.45, 7) is 0.0250. The highest BCUT2D eigenvalue weighted by molar-refractivity contribution is 7.10. The molecular weight excluding hydrogens is 413 g/mol. The van der Waals surface area contributed by atoms with E-state index in [0.717, 1.165) is 5.56 Å². The van der Waals surface area contributed by atoms with Gasteiger partial charge < -0.3 is 4.74 Å². The number of carbonyl (C=O) groups is 1. The average molecular weight is 426 g/mol. The molecule has 0 amide bonds. The summed E-state index contributed by atoms with van der Waals surface area (Å²) in [6.07, 6.45) is -3.92. The predicted octanol–water partition coefficient (Wildman–Crippen LogP) is 6.45. The fourth-order valence-electron chi connectivity index (χ4n) is 3.19. The van der Waals surface area contributed by atoms with Gasteiger partial charge in [0, 0.05) is 22.7 Å². The quantitative estimate of drug-likeness (QED) is 0.379. The van der Waals surface area contributed by atoms with Crippen LogP contribution in [0.1, 0.15) is 16.0 Å². The fraction of sp³-hybridized carbons (Fsp3) is 0.0909. The van der Waals surface area contributed by atoms with Crippen LogP contribution in [0.5, 0.6) is 0 Å². The van der Waals surface area contributed by atoms with Gasteiger partial charge in [-0.25, -0.2) is 4.79 Å². The molecule has 0 fully saturated rings. The molecule has 0 aliphatic rings. The Labute approximate surface area is 173 Å². The summed E-state index contributed by atoms with van der Waals surface area (Å²) < 4.78 is 46.9. The number of rotatable bonds is 3. The Morgan fingerprint density at radius 3 is 2.57 bits per heavy atom. The van der Waals surface area contributed by atoms with E-state index in [2.05, 4.69) is 0 Å². The largest absolute Gasteiger partial charge is 0.444 e. The Bertz CT molecular complexity index is 1270. The van der Waals surface area contributed by atoms with Crippen LogP contribution in [0.4, 0.5) is 18.0 Å². The second-order valence-corrected chi connectivity index (χ2v) is 7.37. The first-order valence-electron chi connectivity index (χ1n) is 8.80. The minimum Gasteiger partial charge on any atom is -0.444 e. The van der Waals surface area contributed by atoms with Crippen molar-refractivity contribution in [3.63, 3.8) is 0 Å². The summed E-state index contributed by atoms with van der Waals surface area (Å²) in [7, 11) is 0. The number of nitriles is 1. The van der Waals surface area contributed by atoms with E-state index in [1.54, 1.807) is 12.1 Å². The van der Waals surface area contributed by atoms with Crippen molar-refractivity contribution in [2.45, 2.75) is 12.8 Å². The van der Waals surface area contributed by atoms with Gasteiger partial charge in [-0.15, -0.1) is 11.3 Å². The van der Waals surface area contributed by atoms with E-state index in [0.29, 0.717) is 22.2 Å². The number of nitrogens with zero attached hydrogens (tertiary/aromatic N) is 2. The van der Waals surface area contributed by atoms with Gasteiger partial charge in [-0.05, 0) is 35.2 Å². The summed E-state index contributed by atoms with van der Waals surface area (Å²) in [5, 5.41) is 10.9. The molecule has 30 heavy (non-hydrogen) atoms. The van der Waals surface area contributed by atoms with Crippen LogP contribution in [0.25, 0.3) is 22.0 Å². The number of hydrogen-bond acceptors (Lipinski definition) is 4. The van der Waals surface area contributed by atoms with Crippen molar-refractivity contribution in [2.24, 2.45) is 0 Å². The molecule has 0 unspecified atom stereocenters. The Morgan fingerprint density at radius 1 is 1.10 bits per heavy atom. The summed E-state index contributed by atoms with van der Waals surface area (Å²) in [5.74, 6) is 0. The molecular formula is C22H13F3N2O2S. The van der Waals surface area contributed by atoms with Crippen molar-refractivity contribution in [1.82, 2.24) is 4.57 Å². The molecule has 2 aromatic heterocycles. The van der Waals surface area contributed by atoms with Crippen molar-refractivity contribution in [3.8, 4) is 17.2 Å². The lowest BCUT2D eigenvalue weighted by molar-refractivity contribution is -0.133. The highest BCUT2D eigenvalue weighted by Gasteiger charge is 2.36. The Balaban J connectivity index is 1.79. The van der Waals surface area contributed by atoms with Crippen LogP contribution in [-0.2, 0) is 17.5 Å². The minimum atomic E-state index is -4.53. The van der Waals surface area contributed by atoms with Crippen LogP contribution in [-0.4, -0.2) is 10.7 Å². The Kier molecular flexibility index (Phi) is 5.06. The van der Waals surface area contributed by atoms with Crippen LogP contribution in [0.15, 0.2) is 66.2 Å². The SMILES string of the molecule is N#Cc1ccc2c(c1)c(-c1ccsc1C(F)(F)F)cn2C(=O)OCc1ccccc1. The van der Waals surface area contributed by atoms with Gasteiger partial charge >= 0.3 is 12.3 Å². The van der Waals surface area contributed by atoms with E-state index in [1.165, 1.54) is 40.4 Å². The molecule has 0 spiro atoms. The molecule has 4 nitrogen and oxygen atoms in total. The Hall–Kier alpha value is -3.57. The standard InChI is InChI=1S/C22H13F3N2O2S/c23-22(24,25)20-16(8-9-30-20)18-12-27(19-7-6-15(11-26)10-17(18)19)21(28)29-13-14-4-2-1-3-5-14/h1-10,12H,13H2. The van der Waals surface area contributed by atoms with Gasteiger partial charge in [-0.3, -0.25) is 4.57 Å². The first-order valence-corrected chi connectivity index (χ1v) is 9.68. The molecule has 150 valence electrons. The molecule has 2 heterocycles. The zero-order valence-corrected chi connectivity index (χ0v) is 16.1. The summed E-state index contributed by atoms with van der Waals surface area (Å²) >= 11 is 0.580. The van der Waals surface area contributed by atoms with Gasteiger partial charge in [-0.2, -0.15) is 18.4 Å². The maximum atomic E-state index is 13.4. The van der Waals surface area contributed by atoms with Crippen LogP contribution in [0.3, 0.4) is 0 Å². The van der Waals surface area contributed by atoms with Crippen LogP contribution < -0.4 is 0 Å². The third-order valence-electron chi connectivity index (χ3n) is 4.55. The lowest BCUT2D eigenvalue weighted by atomic mass is 10.0. The van der Waals surface area contributed by atoms with E-state index in [1.807, 2.05) is 24.3 Å². The number of ether oxygens (including phenoxy) is 1. The maximum Gasteiger partial charge on any atom is 0.426 e. The molecule has 2 aromatic carbocycles. The molecule has 0 saturated carbocycles. The van der Waals surface area contributed by atoms with E-state index >= 15 is 0 Å². The van der Waals surface area contributed by atoms with Gasteiger partial charge in [0.15, 0.2) is 0 Å². The van der Waals surface area contributed by atoms with Crippen molar-refractivity contribution in [3.05, 3.63) is 82.2 Å². The van der Waals surface area contributed by atoms with Crippen molar-refractivity contribution >= 4 is 28.3 Å². The first-order chi connectivity index (χ1) is 14.4. The van der Waals surface area contributed by atoms with E-state index in [-0.39, 0.29) is 23.3 Å². The highest BCUT2D eigenvalue weighted by atomic mass is 32.1. The molecule has 4 aromatic rings. The lowest BCUT2D eigenvalue weighted by Crippen LogP contribution is -2.12. The second-order valence-electron chi connectivity index (χ2n) is 6.46. The number of hydrogen-bond donors (Lipinski definition) is 0. The molecule has 4 rings (SSSR count). The molecule has 0 aliphatic carbocycles. The first kappa shape index (κ1) is 19.7. The molecule has 0 N–H and O–H groups in total. The van der Waals surface area contributed by atoms with E-state index in [4.69, 9.17) is 4.74 Å². The lowest BCUT2D eigenvalue weighted by Gasteiger charge is -2.07. The summed E-state index contributed by atoms with van der Waals surface area (Å²) in [4.78, 5) is 11.9. The normalized spacial score (nSPS) is 11.4. The molecule has 0 radical (unpaired) electrons. The zero-order valence-electron chi connectivity index (χ0n) is 15.3. The zero-order chi connectivity index (χ0) is 21.3. The topological polar surface area (TPSA) is 55.0 Å². The number of carbonyl (C=O) groups excluding carboxylic acids is 1. The van der Waals surface area contributed by atoms with Crippen LogP contribution in [0.2, 0.25) is 0 Å². The summed E-state index contributed by atoms with van der Waals surface area (Å²) in [5.41, 5.74) is 1.60. The molecule has 0 atom stereocenters. The van der Waals surface area contributed by atoms with Gasteiger partial charge in [0.05, 0.1) is 17.1 Å². The van der Waals surface area contributed by atoms with Gasteiger partial charge in [0.2, 0.25) is 0 Å². The van der Waals surface area contributed by atoms with Gasteiger partial charge in [0.25, 0.3) is 0 Å². The number of thiophene rings is 1. The van der Waals surface area contributed by atoms with Crippen molar-refractivity contribution in [1.29, 1.82) is 5.26 Å². The van der Waals surface area contributed by atoms with E-state index in [9.17, 15) is 23.2 Å². The Morgan fingerprint density at radius 2 is 1.87 bits per heavy atom. The molecule has 8 heteroatoms. The average Bonchev–Trinajstić information content (AvgIpc) is 3.37. The predicted molar refractivity (Wildman–Crippen MR) is 107 cm³/mol. The highest BCUT2D eigenvalue weighted by Crippen LogP contribution is 2.43. The maximum absolute atomic E-state index is 13.4. The number of halogens is 3. The fourth-order valence-corrected chi connectivity index (χ4v) is 3.97. The van der Waals surface area contributed by atoms with E-state index < -0.39 is 17.1 Å². The molecule has 0 bridgehead atoms. The second kappa shape index (κ2) is 7.69. The number of alkyl halides is 3. The number of aromatic nitrogens is 1. The smallest absolute Gasteiger partial charge is 0.426 e. The number of fused-ring (bicyclic) bond motifs is 1. The van der Waals surface area contributed by atoms with Crippen LogP contribution >= 0.6 is 11.3 Å². The third kappa shape index (κ3) is 3.67.